The van der Waals surface area contributed by atoms with Gasteiger partial charge in [0.15, 0.2) is 0 Å². The summed E-state index contributed by atoms with van der Waals surface area (Å²) in [7, 11) is 0. The average molecular weight is 331 g/mol. The monoisotopic (exact) mass is 331 g/mol. The standard InChI is InChI=1S/C19H18F2O3/c1-3-24-12(2)15-9-8-13(11-17(15)18(20)21)10-14-6-4-5-7-16(14)19(22)23/h4-9,11,18H,2-3,10H2,1H3,(H,22,23)/p-1. The lowest BCUT2D eigenvalue weighted by atomic mass is 9.96. The maximum atomic E-state index is 13.4. The van der Waals surface area contributed by atoms with Crippen LogP contribution in [0.3, 0.4) is 0 Å². The van der Waals surface area contributed by atoms with Crippen LogP contribution in [0.4, 0.5) is 8.78 Å². The predicted molar refractivity (Wildman–Crippen MR) is 85.6 cm³/mol. The van der Waals surface area contributed by atoms with Gasteiger partial charge in [-0.25, -0.2) is 8.78 Å². The third-order valence-electron chi connectivity index (χ3n) is 3.60. The van der Waals surface area contributed by atoms with E-state index < -0.39 is 12.4 Å². The van der Waals surface area contributed by atoms with Crippen LogP contribution in [0.25, 0.3) is 5.76 Å². The molecule has 0 fully saturated rings. The Kier molecular flexibility index (Phi) is 5.68. The molecule has 126 valence electrons. The van der Waals surface area contributed by atoms with Gasteiger partial charge >= 0.3 is 0 Å². The first-order chi connectivity index (χ1) is 11.4. The van der Waals surface area contributed by atoms with Crippen LogP contribution >= 0.6 is 0 Å². The van der Waals surface area contributed by atoms with E-state index in [1.165, 1.54) is 18.2 Å². The fourth-order valence-electron chi connectivity index (χ4n) is 2.50. The number of ether oxygens (including phenoxy) is 1. The Morgan fingerprint density at radius 2 is 1.92 bits per heavy atom. The molecule has 0 saturated carbocycles. The van der Waals surface area contributed by atoms with Crippen LogP contribution in [-0.2, 0) is 11.2 Å². The summed E-state index contributed by atoms with van der Waals surface area (Å²) in [4.78, 5) is 11.1. The molecule has 0 aromatic heterocycles. The first kappa shape index (κ1) is 17.7. The van der Waals surface area contributed by atoms with Crippen molar-refractivity contribution in [2.45, 2.75) is 19.8 Å². The molecule has 0 bridgehead atoms. The Hall–Kier alpha value is -2.69. The van der Waals surface area contributed by atoms with Gasteiger partial charge in [0.25, 0.3) is 6.43 Å². The third kappa shape index (κ3) is 3.98. The van der Waals surface area contributed by atoms with Crippen LogP contribution in [0.5, 0.6) is 0 Å². The molecule has 0 heterocycles. The highest BCUT2D eigenvalue weighted by atomic mass is 19.3. The van der Waals surface area contributed by atoms with Crippen LogP contribution < -0.4 is 5.11 Å². The summed E-state index contributed by atoms with van der Waals surface area (Å²) in [5.41, 5.74) is 1.21. The van der Waals surface area contributed by atoms with Crippen LogP contribution in [0.2, 0.25) is 0 Å². The van der Waals surface area contributed by atoms with Gasteiger partial charge in [0.1, 0.15) is 5.76 Å². The lowest BCUT2D eigenvalue weighted by Crippen LogP contribution is -2.23. The average Bonchev–Trinajstić information content (AvgIpc) is 2.55. The number of carbonyl (C=O) groups excluding carboxylic acids is 1. The molecular formula is C19H17F2O3-. The van der Waals surface area contributed by atoms with E-state index in [4.69, 9.17) is 4.74 Å². The molecule has 2 rings (SSSR count). The smallest absolute Gasteiger partial charge is 0.264 e. The number of carboxylic acids is 1. The molecule has 0 saturated heterocycles. The van der Waals surface area contributed by atoms with Crippen molar-refractivity contribution in [2.75, 3.05) is 6.61 Å². The van der Waals surface area contributed by atoms with E-state index in [1.807, 2.05) is 0 Å². The minimum atomic E-state index is -2.69. The van der Waals surface area contributed by atoms with Gasteiger partial charge in [-0.2, -0.15) is 0 Å². The number of rotatable bonds is 7. The molecule has 0 spiro atoms. The molecule has 2 aromatic carbocycles. The second-order valence-electron chi connectivity index (χ2n) is 5.20. The molecule has 0 amide bonds. The number of hydrogen-bond acceptors (Lipinski definition) is 3. The fourth-order valence-corrected chi connectivity index (χ4v) is 2.50. The predicted octanol–water partition coefficient (Wildman–Crippen LogP) is 3.59. The minimum Gasteiger partial charge on any atom is -0.545 e. The molecule has 0 aliphatic carbocycles. The number of hydrogen-bond donors (Lipinski definition) is 0. The highest BCUT2D eigenvalue weighted by molar-refractivity contribution is 5.87. The number of halogens is 2. The SMILES string of the molecule is C=C(OCC)c1ccc(Cc2ccccc2C(=O)[O-])cc1C(F)F. The molecule has 0 aliphatic heterocycles. The quantitative estimate of drug-likeness (QED) is 0.729. The number of aromatic carboxylic acids is 1. The second kappa shape index (κ2) is 7.73. The van der Waals surface area contributed by atoms with Gasteiger partial charge in [0.05, 0.1) is 12.6 Å². The second-order valence-corrected chi connectivity index (χ2v) is 5.20. The zero-order valence-corrected chi connectivity index (χ0v) is 13.2. The van der Waals surface area contributed by atoms with E-state index in [0.29, 0.717) is 17.7 Å². The number of benzene rings is 2. The summed E-state index contributed by atoms with van der Waals surface area (Å²) >= 11 is 0. The first-order valence-electron chi connectivity index (χ1n) is 7.46. The largest absolute Gasteiger partial charge is 0.545 e. The fraction of sp³-hybridized carbons (Fsp3) is 0.211. The van der Waals surface area contributed by atoms with Crippen molar-refractivity contribution < 1.29 is 23.4 Å². The van der Waals surface area contributed by atoms with Crippen molar-refractivity contribution in [3.8, 4) is 0 Å². The lowest BCUT2D eigenvalue weighted by Gasteiger charge is -2.15. The van der Waals surface area contributed by atoms with Gasteiger partial charge in [-0.15, -0.1) is 0 Å². The van der Waals surface area contributed by atoms with Crippen LogP contribution in [0.1, 0.15) is 46.0 Å². The van der Waals surface area contributed by atoms with Crippen LogP contribution in [-0.4, -0.2) is 12.6 Å². The van der Waals surface area contributed by atoms with E-state index in [9.17, 15) is 18.7 Å². The van der Waals surface area contributed by atoms with E-state index in [2.05, 4.69) is 6.58 Å². The Bertz CT molecular complexity index is 754. The zero-order chi connectivity index (χ0) is 17.7. The minimum absolute atomic E-state index is 0.0545. The molecule has 0 radical (unpaired) electrons. The highest BCUT2D eigenvalue weighted by Crippen LogP contribution is 2.30. The number of carboxylic acid groups (broad SMARTS) is 1. The molecule has 0 aliphatic rings. The molecule has 0 atom stereocenters. The first-order valence-corrected chi connectivity index (χ1v) is 7.46. The summed E-state index contributed by atoms with van der Waals surface area (Å²) in [6.07, 6.45) is -2.47. The van der Waals surface area contributed by atoms with E-state index >= 15 is 0 Å². The molecule has 0 N–H and O–H groups in total. The zero-order valence-electron chi connectivity index (χ0n) is 13.2. The maximum absolute atomic E-state index is 13.4. The molecule has 2 aromatic rings. The highest BCUT2D eigenvalue weighted by Gasteiger charge is 2.17. The van der Waals surface area contributed by atoms with Gasteiger partial charge in [0, 0.05) is 16.7 Å². The maximum Gasteiger partial charge on any atom is 0.264 e. The van der Waals surface area contributed by atoms with Crippen molar-refractivity contribution in [3.05, 3.63) is 76.9 Å². The van der Waals surface area contributed by atoms with Gasteiger partial charge in [-0.05, 0) is 30.5 Å². The van der Waals surface area contributed by atoms with Gasteiger partial charge < -0.3 is 14.6 Å². The summed E-state index contributed by atoms with van der Waals surface area (Å²) in [6.45, 7) is 5.75. The number of alkyl halides is 2. The number of carbonyl (C=O) groups is 1. The Balaban J connectivity index is 2.38. The molecule has 0 unspecified atom stereocenters. The van der Waals surface area contributed by atoms with Crippen molar-refractivity contribution in [1.82, 2.24) is 0 Å². The summed E-state index contributed by atoms with van der Waals surface area (Å²) in [5, 5.41) is 11.1. The van der Waals surface area contributed by atoms with E-state index in [1.54, 1.807) is 31.2 Å². The summed E-state index contributed by atoms with van der Waals surface area (Å²) in [6, 6.07) is 10.9. The normalized spacial score (nSPS) is 10.7. The molecule has 3 nitrogen and oxygen atoms in total. The topological polar surface area (TPSA) is 49.4 Å². The van der Waals surface area contributed by atoms with Gasteiger partial charge in [-0.1, -0.05) is 43.0 Å². The van der Waals surface area contributed by atoms with Crippen LogP contribution in [0, 0.1) is 0 Å². The Morgan fingerprint density at radius 3 is 2.54 bits per heavy atom. The van der Waals surface area contributed by atoms with Crippen LogP contribution in [0.15, 0.2) is 49.0 Å². The molecule has 5 heteroatoms. The van der Waals surface area contributed by atoms with E-state index in [-0.39, 0.29) is 28.9 Å². The van der Waals surface area contributed by atoms with Crippen molar-refractivity contribution in [3.63, 3.8) is 0 Å². The summed E-state index contributed by atoms with van der Waals surface area (Å²) < 4.78 is 31.9. The molecule has 24 heavy (non-hydrogen) atoms. The van der Waals surface area contributed by atoms with Crippen molar-refractivity contribution in [1.29, 1.82) is 0 Å². The van der Waals surface area contributed by atoms with Gasteiger partial charge in [-0.3, -0.25) is 0 Å². The Labute approximate surface area is 139 Å². The Morgan fingerprint density at radius 1 is 1.21 bits per heavy atom. The van der Waals surface area contributed by atoms with E-state index in [0.717, 1.165) is 0 Å². The summed E-state index contributed by atoms with van der Waals surface area (Å²) in [5.74, 6) is -1.10. The van der Waals surface area contributed by atoms with Gasteiger partial charge in [0.2, 0.25) is 0 Å². The molecular weight excluding hydrogens is 314 g/mol. The lowest BCUT2D eigenvalue weighted by molar-refractivity contribution is -0.255. The van der Waals surface area contributed by atoms with Crippen molar-refractivity contribution in [2.24, 2.45) is 0 Å². The third-order valence-corrected chi connectivity index (χ3v) is 3.60. The van der Waals surface area contributed by atoms with Crippen molar-refractivity contribution >= 4 is 11.7 Å².